The number of carbonyl (C=O) groups is 2. The molecule has 6 heteroatoms. The van der Waals surface area contributed by atoms with Crippen molar-refractivity contribution in [3.05, 3.63) is 0 Å². The van der Waals surface area contributed by atoms with E-state index in [2.05, 4.69) is 10.6 Å². The van der Waals surface area contributed by atoms with Crippen LogP contribution in [0, 0.1) is 0 Å². The lowest BCUT2D eigenvalue weighted by Gasteiger charge is -2.28. The second-order valence-electron chi connectivity index (χ2n) is 4.97. The Balaban J connectivity index is 2.16. The van der Waals surface area contributed by atoms with Crippen LogP contribution in [-0.2, 0) is 9.59 Å². The lowest BCUT2D eigenvalue weighted by molar-refractivity contribution is -0.132. The van der Waals surface area contributed by atoms with Crippen molar-refractivity contribution in [2.75, 3.05) is 52.9 Å². The van der Waals surface area contributed by atoms with Gasteiger partial charge in [0, 0.05) is 45.7 Å². The number of hydrogen-bond acceptors (Lipinski definition) is 4. The standard InChI is InChI=1S/C13H26N4O2/c1-3-5-15-12(18)11-16(2)8-4-13(19)17-9-6-14-7-10-17/h14H,3-11H2,1-2H3,(H,15,18). The van der Waals surface area contributed by atoms with Gasteiger partial charge in [0.1, 0.15) is 0 Å². The third-order valence-electron chi connectivity index (χ3n) is 3.16. The maximum absolute atomic E-state index is 11.9. The summed E-state index contributed by atoms with van der Waals surface area (Å²) in [5.74, 6) is 0.210. The van der Waals surface area contributed by atoms with Crippen molar-refractivity contribution in [2.45, 2.75) is 19.8 Å². The maximum Gasteiger partial charge on any atom is 0.234 e. The van der Waals surface area contributed by atoms with Crippen LogP contribution in [0.25, 0.3) is 0 Å². The molecule has 0 saturated carbocycles. The SMILES string of the molecule is CCCNC(=O)CN(C)CCC(=O)N1CCNCC1. The highest BCUT2D eigenvalue weighted by Gasteiger charge is 2.16. The van der Waals surface area contributed by atoms with Crippen molar-refractivity contribution in [2.24, 2.45) is 0 Å². The third-order valence-corrected chi connectivity index (χ3v) is 3.16. The van der Waals surface area contributed by atoms with Crippen molar-refractivity contribution in [3.63, 3.8) is 0 Å². The van der Waals surface area contributed by atoms with E-state index in [4.69, 9.17) is 0 Å². The van der Waals surface area contributed by atoms with Crippen LogP contribution in [0.5, 0.6) is 0 Å². The molecule has 0 aliphatic carbocycles. The van der Waals surface area contributed by atoms with Gasteiger partial charge in [-0.3, -0.25) is 14.5 Å². The van der Waals surface area contributed by atoms with Gasteiger partial charge in [-0.2, -0.15) is 0 Å². The van der Waals surface area contributed by atoms with E-state index < -0.39 is 0 Å². The molecule has 1 fully saturated rings. The summed E-state index contributed by atoms with van der Waals surface area (Å²) in [6, 6.07) is 0. The Labute approximate surface area is 115 Å². The van der Waals surface area contributed by atoms with Crippen molar-refractivity contribution >= 4 is 11.8 Å². The summed E-state index contributed by atoms with van der Waals surface area (Å²) in [7, 11) is 1.87. The summed E-state index contributed by atoms with van der Waals surface area (Å²) in [5, 5.41) is 6.05. The fourth-order valence-corrected chi connectivity index (χ4v) is 2.00. The smallest absolute Gasteiger partial charge is 0.234 e. The molecule has 1 aliphatic rings. The summed E-state index contributed by atoms with van der Waals surface area (Å²) < 4.78 is 0. The Morgan fingerprint density at radius 3 is 2.63 bits per heavy atom. The molecular formula is C13H26N4O2. The van der Waals surface area contributed by atoms with E-state index in [1.54, 1.807) is 0 Å². The molecule has 1 heterocycles. The zero-order valence-corrected chi connectivity index (χ0v) is 12.1. The second-order valence-corrected chi connectivity index (χ2v) is 4.97. The Morgan fingerprint density at radius 2 is 2.00 bits per heavy atom. The van der Waals surface area contributed by atoms with Crippen LogP contribution in [0.15, 0.2) is 0 Å². The molecule has 0 spiro atoms. The molecule has 0 atom stereocenters. The Bertz CT molecular complexity index is 290. The van der Waals surface area contributed by atoms with Crippen LogP contribution in [-0.4, -0.2) is 74.5 Å². The van der Waals surface area contributed by atoms with Crippen LogP contribution < -0.4 is 10.6 Å². The predicted octanol–water partition coefficient (Wildman–Crippen LogP) is -0.734. The first-order valence-electron chi connectivity index (χ1n) is 7.07. The van der Waals surface area contributed by atoms with Crippen LogP contribution in [0.1, 0.15) is 19.8 Å². The van der Waals surface area contributed by atoms with E-state index in [-0.39, 0.29) is 11.8 Å². The second kappa shape index (κ2) is 8.87. The number of nitrogens with zero attached hydrogens (tertiary/aromatic N) is 2. The van der Waals surface area contributed by atoms with E-state index >= 15 is 0 Å². The number of hydrogen-bond donors (Lipinski definition) is 2. The minimum absolute atomic E-state index is 0.0268. The summed E-state index contributed by atoms with van der Waals surface area (Å²) in [4.78, 5) is 27.2. The van der Waals surface area contributed by atoms with Gasteiger partial charge in [-0.1, -0.05) is 6.92 Å². The first kappa shape index (κ1) is 15.9. The molecule has 2 amide bonds. The zero-order chi connectivity index (χ0) is 14.1. The molecule has 19 heavy (non-hydrogen) atoms. The summed E-state index contributed by atoms with van der Waals surface area (Å²) in [5.41, 5.74) is 0. The van der Waals surface area contributed by atoms with Crippen LogP contribution in [0.2, 0.25) is 0 Å². The normalized spacial score (nSPS) is 15.6. The van der Waals surface area contributed by atoms with E-state index in [9.17, 15) is 9.59 Å². The lowest BCUT2D eigenvalue weighted by Crippen LogP contribution is -2.47. The molecule has 1 rings (SSSR count). The molecule has 1 aliphatic heterocycles. The van der Waals surface area contributed by atoms with Gasteiger partial charge in [-0.25, -0.2) is 0 Å². The Kier molecular flexibility index (Phi) is 7.43. The van der Waals surface area contributed by atoms with Gasteiger partial charge in [-0.05, 0) is 13.5 Å². The fourth-order valence-electron chi connectivity index (χ4n) is 2.00. The first-order valence-corrected chi connectivity index (χ1v) is 7.07. The van der Waals surface area contributed by atoms with Gasteiger partial charge >= 0.3 is 0 Å². The lowest BCUT2D eigenvalue weighted by atomic mass is 10.3. The van der Waals surface area contributed by atoms with Crippen molar-refractivity contribution in [1.82, 2.24) is 20.4 Å². The van der Waals surface area contributed by atoms with Crippen LogP contribution in [0.4, 0.5) is 0 Å². The molecule has 110 valence electrons. The minimum Gasteiger partial charge on any atom is -0.355 e. The molecule has 6 nitrogen and oxygen atoms in total. The number of nitrogens with one attached hydrogen (secondary N) is 2. The van der Waals surface area contributed by atoms with Gasteiger partial charge in [0.15, 0.2) is 0 Å². The summed E-state index contributed by atoms with van der Waals surface area (Å²) in [6.07, 6.45) is 1.43. The summed E-state index contributed by atoms with van der Waals surface area (Å²) >= 11 is 0. The quantitative estimate of drug-likeness (QED) is 0.640. The zero-order valence-electron chi connectivity index (χ0n) is 12.1. The van der Waals surface area contributed by atoms with E-state index in [1.165, 1.54) is 0 Å². The average Bonchev–Trinajstić information content (AvgIpc) is 2.43. The van der Waals surface area contributed by atoms with Gasteiger partial charge < -0.3 is 15.5 Å². The molecule has 0 aromatic rings. The van der Waals surface area contributed by atoms with Gasteiger partial charge in [0.05, 0.1) is 6.54 Å². The van der Waals surface area contributed by atoms with Crippen molar-refractivity contribution < 1.29 is 9.59 Å². The Hall–Kier alpha value is -1.14. The van der Waals surface area contributed by atoms with Crippen LogP contribution >= 0.6 is 0 Å². The largest absolute Gasteiger partial charge is 0.355 e. The highest BCUT2D eigenvalue weighted by molar-refractivity contribution is 5.78. The average molecular weight is 270 g/mol. The number of carbonyl (C=O) groups excluding carboxylic acids is 2. The number of amides is 2. The summed E-state index contributed by atoms with van der Waals surface area (Å²) in [6.45, 7) is 7.06. The predicted molar refractivity (Wildman–Crippen MR) is 74.9 cm³/mol. The highest BCUT2D eigenvalue weighted by Crippen LogP contribution is 1.98. The van der Waals surface area contributed by atoms with Gasteiger partial charge in [-0.15, -0.1) is 0 Å². The molecule has 0 aromatic carbocycles. The molecule has 0 aromatic heterocycles. The number of rotatable bonds is 7. The monoisotopic (exact) mass is 270 g/mol. The van der Waals surface area contributed by atoms with E-state index in [1.807, 2.05) is 23.8 Å². The fraction of sp³-hybridized carbons (Fsp3) is 0.846. The molecular weight excluding hydrogens is 244 g/mol. The van der Waals surface area contributed by atoms with E-state index in [0.717, 1.165) is 32.6 Å². The van der Waals surface area contributed by atoms with Crippen molar-refractivity contribution in [1.29, 1.82) is 0 Å². The van der Waals surface area contributed by atoms with Gasteiger partial charge in [0.25, 0.3) is 0 Å². The van der Waals surface area contributed by atoms with Crippen LogP contribution in [0.3, 0.4) is 0 Å². The highest BCUT2D eigenvalue weighted by atomic mass is 16.2. The number of likely N-dealkylation sites (N-methyl/N-ethyl adjacent to an activating group) is 1. The van der Waals surface area contributed by atoms with E-state index in [0.29, 0.717) is 26.1 Å². The minimum atomic E-state index is 0.0268. The Morgan fingerprint density at radius 1 is 1.32 bits per heavy atom. The molecule has 0 unspecified atom stereocenters. The molecule has 2 N–H and O–H groups in total. The van der Waals surface area contributed by atoms with Gasteiger partial charge in [0.2, 0.25) is 11.8 Å². The number of piperazine rings is 1. The topological polar surface area (TPSA) is 64.7 Å². The third kappa shape index (κ3) is 6.54. The maximum atomic E-state index is 11.9. The molecule has 1 saturated heterocycles. The molecule has 0 radical (unpaired) electrons. The molecule has 0 bridgehead atoms. The first-order chi connectivity index (χ1) is 9.13. The van der Waals surface area contributed by atoms with Crippen molar-refractivity contribution in [3.8, 4) is 0 Å².